The van der Waals surface area contributed by atoms with Gasteiger partial charge in [-0.05, 0) is 48.7 Å². The van der Waals surface area contributed by atoms with Gasteiger partial charge in [-0.3, -0.25) is 9.69 Å². The Morgan fingerprint density at radius 3 is 2.93 bits per heavy atom. The summed E-state index contributed by atoms with van der Waals surface area (Å²) in [6.07, 6.45) is 2.07. The van der Waals surface area contributed by atoms with E-state index in [-0.39, 0.29) is 24.4 Å². The van der Waals surface area contributed by atoms with E-state index in [1.54, 1.807) is 24.3 Å². The fraction of sp³-hybridized carbons (Fsp3) is 0.381. The van der Waals surface area contributed by atoms with Gasteiger partial charge in [-0.2, -0.15) is 0 Å². The van der Waals surface area contributed by atoms with E-state index in [4.69, 9.17) is 21.1 Å². The van der Waals surface area contributed by atoms with Crippen molar-refractivity contribution in [1.29, 1.82) is 0 Å². The zero-order valence-electron chi connectivity index (χ0n) is 15.8. The van der Waals surface area contributed by atoms with E-state index in [2.05, 4.69) is 5.32 Å². The number of carbonyl (C=O) groups excluding carboxylic acids is 1. The monoisotopic (exact) mass is 406 g/mol. The van der Waals surface area contributed by atoms with Gasteiger partial charge in [0, 0.05) is 24.7 Å². The third-order valence-corrected chi connectivity index (χ3v) is 4.82. The van der Waals surface area contributed by atoms with Gasteiger partial charge in [0.1, 0.15) is 11.6 Å². The molecule has 28 heavy (non-hydrogen) atoms. The number of methoxy groups -OCH3 is 1. The highest BCUT2D eigenvalue weighted by atomic mass is 35.5. The Morgan fingerprint density at radius 2 is 2.21 bits per heavy atom. The molecule has 150 valence electrons. The average molecular weight is 407 g/mol. The van der Waals surface area contributed by atoms with E-state index in [1.807, 2.05) is 11.0 Å². The number of hydrogen-bond acceptors (Lipinski definition) is 4. The first-order valence-electron chi connectivity index (χ1n) is 9.25. The lowest BCUT2D eigenvalue weighted by atomic mass is 10.1. The van der Waals surface area contributed by atoms with Crippen molar-refractivity contribution in [3.63, 3.8) is 0 Å². The van der Waals surface area contributed by atoms with Gasteiger partial charge in [-0.1, -0.05) is 23.7 Å². The van der Waals surface area contributed by atoms with E-state index in [0.717, 1.165) is 25.0 Å². The number of rotatable bonds is 8. The molecule has 1 aliphatic rings. The quantitative estimate of drug-likeness (QED) is 0.716. The predicted molar refractivity (Wildman–Crippen MR) is 107 cm³/mol. The summed E-state index contributed by atoms with van der Waals surface area (Å²) in [6, 6.07) is 11.5. The first-order valence-corrected chi connectivity index (χ1v) is 9.63. The zero-order chi connectivity index (χ0) is 19.9. The molecule has 1 amide bonds. The lowest BCUT2D eigenvalue weighted by Gasteiger charge is -2.25. The Hall–Kier alpha value is -2.15. The lowest BCUT2D eigenvalue weighted by molar-refractivity contribution is -0.117. The fourth-order valence-electron chi connectivity index (χ4n) is 3.33. The second-order valence-electron chi connectivity index (χ2n) is 6.83. The number of nitrogens with zero attached hydrogens (tertiary/aromatic N) is 1. The third kappa shape index (κ3) is 5.92. The van der Waals surface area contributed by atoms with Crippen molar-refractivity contribution < 1.29 is 18.7 Å². The van der Waals surface area contributed by atoms with E-state index in [0.29, 0.717) is 29.5 Å². The molecule has 5 nitrogen and oxygen atoms in total. The van der Waals surface area contributed by atoms with Crippen molar-refractivity contribution >= 4 is 23.2 Å². The number of anilines is 1. The zero-order valence-corrected chi connectivity index (χ0v) is 16.5. The summed E-state index contributed by atoms with van der Waals surface area (Å²) in [5.41, 5.74) is 1.33. The maximum Gasteiger partial charge on any atom is 0.238 e. The SMILES string of the molecule is COc1ccc(Cl)cc1NC(=O)CN(Cc1cccc(F)c1)CC1CCCO1. The molecule has 0 aromatic heterocycles. The minimum absolute atomic E-state index is 0.0852. The molecule has 1 unspecified atom stereocenters. The van der Waals surface area contributed by atoms with Crippen molar-refractivity contribution in [2.45, 2.75) is 25.5 Å². The number of ether oxygens (including phenoxy) is 2. The van der Waals surface area contributed by atoms with Gasteiger partial charge in [0.05, 0.1) is 25.4 Å². The van der Waals surface area contributed by atoms with Gasteiger partial charge >= 0.3 is 0 Å². The number of amides is 1. The van der Waals surface area contributed by atoms with E-state index < -0.39 is 0 Å². The van der Waals surface area contributed by atoms with Gasteiger partial charge < -0.3 is 14.8 Å². The topological polar surface area (TPSA) is 50.8 Å². The molecule has 1 saturated heterocycles. The van der Waals surface area contributed by atoms with E-state index >= 15 is 0 Å². The molecule has 1 aliphatic heterocycles. The summed E-state index contributed by atoms with van der Waals surface area (Å²) in [7, 11) is 1.53. The van der Waals surface area contributed by atoms with Gasteiger partial charge in [-0.25, -0.2) is 4.39 Å². The number of nitrogens with one attached hydrogen (secondary N) is 1. The molecule has 0 aliphatic carbocycles. The van der Waals surface area contributed by atoms with Crippen molar-refractivity contribution in [2.75, 3.05) is 32.1 Å². The van der Waals surface area contributed by atoms with Crippen LogP contribution in [0, 0.1) is 5.82 Å². The van der Waals surface area contributed by atoms with Crippen molar-refractivity contribution in [2.24, 2.45) is 0 Å². The van der Waals surface area contributed by atoms with Crippen LogP contribution in [0.25, 0.3) is 0 Å². The maximum absolute atomic E-state index is 13.5. The van der Waals surface area contributed by atoms with Crippen molar-refractivity contribution in [3.05, 3.63) is 58.9 Å². The summed E-state index contributed by atoms with van der Waals surface area (Å²) >= 11 is 6.03. The molecular formula is C21H24ClFN2O3. The minimum Gasteiger partial charge on any atom is -0.495 e. The van der Waals surface area contributed by atoms with Gasteiger partial charge in [-0.15, -0.1) is 0 Å². The molecule has 0 spiro atoms. The molecule has 1 atom stereocenters. The smallest absolute Gasteiger partial charge is 0.238 e. The summed E-state index contributed by atoms with van der Waals surface area (Å²) in [4.78, 5) is 14.6. The Kier molecular flexibility index (Phi) is 7.25. The van der Waals surface area contributed by atoms with E-state index in [1.165, 1.54) is 19.2 Å². The molecule has 2 aromatic rings. The molecule has 2 aromatic carbocycles. The standard InChI is InChI=1S/C21H24ClFN2O3/c1-27-20-8-7-16(22)11-19(20)24-21(26)14-25(13-18-6-3-9-28-18)12-15-4-2-5-17(23)10-15/h2,4-5,7-8,10-11,18H,3,6,9,12-14H2,1H3,(H,24,26). The maximum atomic E-state index is 13.5. The first-order chi connectivity index (χ1) is 13.5. The van der Waals surface area contributed by atoms with Crippen LogP contribution in [-0.4, -0.2) is 43.7 Å². The molecule has 0 bridgehead atoms. The second kappa shape index (κ2) is 9.87. The molecule has 7 heteroatoms. The molecule has 1 heterocycles. The van der Waals surface area contributed by atoms with Crippen molar-refractivity contribution in [1.82, 2.24) is 4.90 Å². The normalized spacial score (nSPS) is 16.4. The Labute approximate surface area is 169 Å². The van der Waals surface area contributed by atoms with Crippen LogP contribution in [0.5, 0.6) is 5.75 Å². The average Bonchev–Trinajstić information content (AvgIpc) is 3.15. The summed E-state index contributed by atoms with van der Waals surface area (Å²) < 4.78 is 24.5. The highest BCUT2D eigenvalue weighted by Gasteiger charge is 2.21. The predicted octanol–water partition coefficient (Wildman–Crippen LogP) is 4.11. The molecule has 1 fully saturated rings. The summed E-state index contributed by atoms with van der Waals surface area (Å²) in [5, 5.41) is 3.36. The van der Waals surface area contributed by atoms with Crippen molar-refractivity contribution in [3.8, 4) is 5.75 Å². The molecule has 0 radical (unpaired) electrons. The molecular weight excluding hydrogens is 383 g/mol. The number of benzene rings is 2. The van der Waals surface area contributed by atoms with Gasteiger partial charge in [0.15, 0.2) is 0 Å². The van der Waals surface area contributed by atoms with Crippen LogP contribution < -0.4 is 10.1 Å². The lowest BCUT2D eigenvalue weighted by Crippen LogP contribution is -2.38. The van der Waals surface area contributed by atoms with Gasteiger partial charge in [0.25, 0.3) is 0 Å². The van der Waals surface area contributed by atoms with Crippen LogP contribution in [0.15, 0.2) is 42.5 Å². The largest absolute Gasteiger partial charge is 0.495 e. The Balaban J connectivity index is 1.69. The van der Waals surface area contributed by atoms with Gasteiger partial charge in [0.2, 0.25) is 5.91 Å². The van der Waals surface area contributed by atoms with Crippen LogP contribution in [0.3, 0.4) is 0 Å². The molecule has 0 saturated carbocycles. The Morgan fingerprint density at radius 1 is 1.36 bits per heavy atom. The third-order valence-electron chi connectivity index (χ3n) is 4.58. The first kappa shape index (κ1) is 20.6. The van der Waals surface area contributed by atoms with Crippen LogP contribution in [0.4, 0.5) is 10.1 Å². The highest BCUT2D eigenvalue weighted by molar-refractivity contribution is 6.31. The van der Waals surface area contributed by atoms with Crippen LogP contribution >= 0.6 is 11.6 Å². The van der Waals surface area contributed by atoms with Crippen LogP contribution in [-0.2, 0) is 16.1 Å². The molecule has 1 N–H and O–H groups in total. The summed E-state index contributed by atoms with van der Waals surface area (Å²) in [5.74, 6) is 0.0474. The van der Waals surface area contributed by atoms with Crippen LogP contribution in [0.1, 0.15) is 18.4 Å². The highest BCUT2D eigenvalue weighted by Crippen LogP contribution is 2.27. The molecule has 3 rings (SSSR count). The van der Waals surface area contributed by atoms with Crippen LogP contribution in [0.2, 0.25) is 5.02 Å². The number of halogens is 2. The summed E-state index contributed by atoms with van der Waals surface area (Å²) in [6.45, 7) is 1.95. The number of carbonyl (C=O) groups is 1. The minimum atomic E-state index is -0.289. The van der Waals surface area contributed by atoms with E-state index in [9.17, 15) is 9.18 Å². The Bertz CT molecular complexity index is 812. The number of hydrogen-bond donors (Lipinski definition) is 1. The second-order valence-corrected chi connectivity index (χ2v) is 7.26. The fourth-order valence-corrected chi connectivity index (χ4v) is 3.50.